The van der Waals surface area contributed by atoms with Crippen molar-refractivity contribution in [3.8, 4) is 83.1 Å². The number of aryl methyl sites for hydroxylation is 2. The van der Waals surface area contributed by atoms with Crippen molar-refractivity contribution in [1.82, 2.24) is 34.3 Å². The molecule has 0 amide bonds. The van der Waals surface area contributed by atoms with Crippen molar-refractivity contribution in [2.45, 2.75) is 85.5 Å². The van der Waals surface area contributed by atoms with Gasteiger partial charge in [0.2, 0.25) is 26.5 Å². The average Bonchev–Trinajstić information content (AvgIpc) is 1.60. The number of carbonyl (C=O) groups is 1. The minimum absolute atomic E-state index is 0.0489. The fraction of sp³-hybridized carbons (Fsp3) is 0.169. The number of aromatic hydroxyl groups is 3. The number of nitrogens with two attached hydrogens (primary N) is 2. The first-order chi connectivity index (χ1) is 50.9. The third-order valence-corrected chi connectivity index (χ3v) is 26.1. The number of hydrogen-bond acceptors (Lipinski definition) is 20. The van der Waals surface area contributed by atoms with Gasteiger partial charge in [0.05, 0.1) is 39.2 Å². The van der Waals surface area contributed by atoms with E-state index < -0.39 is 8.32 Å². The number of ether oxygens (including phenoxy) is 1. The van der Waals surface area contributed by atoms with Gasteiger partial charge in [0.25, 0.3) is 0 Å². The number of nitrogen functional groups attached to an aromatic ring is 2. The fourth-order valence-corrected chi connectivity index (χ4v) is 15.2. The molecule has 1 atom stereocenters. The number of phenolic OH excluding ortho intramolecular Hbond substituents is 2. The number of carbonyl (C=O) groups excluding carboxylic acids is 1. The number of fused-ring (bicyclic) bond motifs is 4. The SMILES string of the molecule is CCOC(C)C(=O)Cc1ccc(O[Si](C)(C)C(C)(C)C)cc1.Cc1ccc(-c2cnc(N)c(-c3cc4ccccc4s3)n2)cc1.Cc1ccc(-c2cnc(N)c(Br)n2)cc1.OSOc1cc2ccccc2s1.Oc1ccc(Cc2nc3c(-c4cc5ccccc5s4)nc(-c4ccc(O)cc4)cn3c2O)cc1. The van der Waals surface area contributed by atoms with Gasteiger partial charge in [-0.1, -0.05) is 171 Å². The Bertz CT molecular complexity index is 5380. The van der Waals surface area contributed by atoms with E-state index in [1.165, 1.54) is 37.2 Å². The van der Waals surface area contributed by atoms with Crippen LogP contribution in [-0.4, -0.2) is 81.0 Å². The van der Waals surface area contributed by atoms with Crippen molar-refractivity contribution in [3.63, 3.8) is 0 Å². The lowest BCUT2D eigenvalue weighted by atomic mass is 10.1. The molecule has 15 aromatic rings. The number of thiophene rings is 3. The summed E-state index contributed by atoms with van der Waals surface area (Å²) in [5.74, 6) is 2.29. The minimum atomic E-state index is -1.81. The van der Waals surface area contributed by atoms with Crippen LogP contribution in [0.4, 0.5) is 11.6 Å². The van der Waals surface area contributed by atoms with Gasteiger partial charge in [-0.15, -0.1) is 22.7 Å². The first kappa shape index (κ1) is 76.8. The Balaban J connectivity index is 0.000000138. The number of halogens is 1. The number of benzene rings is 8. The Labute approximate surface area is 641 Å². The number of hydrogen-bond donors (Lipinski definition) is 6. The van der Waals surface area contributed by atoms with E-state index in [4.69, 9.17) is 44.3 Å². The molecular weight excluding hydrogens is 1490 g/mol. The van der Waals surface area contributed by atoms with Crippen LogP contribution < -0.4 is 20.1 Å². The Morgan fingerprint density at radius 3 is 1.58 bits per heavy atom. The zero-order chi connectivity index (χ0) is 75.2. The maximum atomic E-state index is 12.0. The van der Waals surface area contributed by atoms with Crippen molar-refractivity contribution < 1.29 is 38.0 Å². The number of anilines is 2. The molecule has 15 rings (SSSR count). The standard InChI is InChI=1S/C27H19N3O3S.C19H15N3S.C18H30O3Si.C11H10BrN3.C8H6O2S2/c31-19-9-5-16(6-10-19)13-21-27(33)30-15-22(17-7-11-20(32)12-8-17)28-25(26(30)29-21)24-14-18-3-1-2-4-23(18)34-24;1-12-6-8-13(9-7-12)15-11-21-19(20)18(22-15)17-10-14-4-2-3-5-16(14)23-17;1-8-20-14(2)17(19)13-15-9-11-16(12-10-15)21-22(6,7)18(3,4)5;1-7-2-4-8(5-3-7)9-6-14-11(13)10(12)15-9;9-12-10-8-5-6-3-1-2-4-7(6)11-8/h1-12,14-15,31-33H,13H2;2-11H,1H3,(H2,20,21);9-12,14H,8,13H2,1-7H3;2-6H,1H3,(H2,13,14);1-5,9H. The quantitative estimate of drug-likeness (QED) is 0.0388. The highest BCUT2D eigenvalue weighted by Gasteiger charge is 2.39. The number of aromatic nitrogens is 7. The Hall–Kier alpha value is -10.3. The van der Waals surface area contributed by atoms with Gasteiger partial charge in [0.1, 0.15) is 45.0 Å². The van der Waals surface area contributed by atoms with E-state index in [1.807, 2.05) is 129 Å². The van der Waals surface area contributed by atoms with E-state index in [2.05, 4.69) is 132 Å². The maximum Gasteiger partial charge on any atom is 0.250 e. The molecule has 0 radical (unpaired) electrons. The van der Waals surface area contributed by atoms with E-state index in [9.17, 15) is 20.1 Å². The van der Waals surface area contributed by atoms with Crippen LogP contribution in [0, 0.1) is 13.8 Å². The second-order valence-electron chi connectivity index (χ2n) is 26.4. The van der Waals surface area contributed by atoms with Crippen molar-refractivity contribution in [2.24, 2.45) is 0 Å². The lowest BCUT2D eigenvalue weighted by Crippen LogP contribution is -2.43. The zero-order valence-corrected chi connectivity index (χ0v) is 65.7. The zero-order valence-electron chi connectivity index (χ0n) is 59.9. The molecule has 0 aliphatic rings. The Morgan fingerprint density at radius 1 is 0.594 bits per heavy atom. The van der Waals surface area contributed by atoms with E-state index in [1.54, 1.807) is 89.0 Å². The van der Waals surface area contributed by atoms with Gasteiger partial charge in [0.15, 0.2) is 28.1 Å². The summed E-state index contributed by atoms with van der Waals surface area (Å²) in [5, 5.41) is 34.8. The van der Waals surface area contributed by atoms with Gasteiger partial charge in [-0.05, 0) is 168 Å². The van der Waals surface area contributed by atoms with Crippen molar-refractivity contribution >= 4 is 124 Å². The van der Waals surface area contributed by atoms with Crippen LogP contribution in [0.5, 0.6) is 28.2 Å². The molecule has 0 bridgehead atoms. The highest BCUT2D eigenvalue weighted by atomic mass is 79.9. The molecule has 0 aliphatic carbocycles. The lowest BCUT2D eigenvalue weighted by Gasteiger charge is -2.36. The highest BCUT2D eigenvalue weighted by molar-refractivity contribution is 9.10. The largest absolute Gasteiger partial charge is 0.544 e. The molecule has 106 heavy (non-hydrogen) atoms. The maximum absolute atomic E-state index is 12.0. The topological polar surface area (TPSA) is 259 Å². The first-order valence-electron chi connectivity index (χ1n) is 34.0. The summed E-state index contributed by atoms with van der Waals surface area (Å²) in [6.45, 7) is 19.5. The average molecular weight is 1570 g/mol. The summed E-state index contributed by atoms with van der Waals surface area (Å²) >= 11 is 8.47. The summed E-state index contributed by atoms with van der Waals surface area (Å²) in [6.07, 6.45) is 5.64. The van der Waals surface area contributed by atoms with E-state index in [0.717, 1.165) is 80.9 Å². The van der Waals surface area contributed by atoms with Gasteiger partial charge in [-0.2, -0.15) is 0 Å². The van der Waals surface area contributed by atoms with E-state index in [0.29, 0.717) is 70.7 Å². The van der Waals surface area contributed by atoms with Crippen LogP contribution in [0.1, 0.15) is 62.6 Å². The molecule has 17 nitrogen and oxygen atoms in total. The summed E-state index contributed by atoms with van der Waals surface area (Å²) in [6, 6.07) is 68.5. The van der Waals surface area contributed by atoms with Crippen molar-refractivity contribution in [3.05, 3.63) is 263 Å². The smallest absolute Gasteiger partial charge is 0.250 e. The number of rotatable bonds is 16. The molecule has 8 aromatic carbocycles. The molecular formula is C83H80BrN9O8S4Si. The van der Waals surface area contributed by atoms with Crippen molar-refractivity contribution in [2.75, 3.05) is 18.1 Å². The van der Waals surface area contributed by atoms with Crippen LogP contribution in [0.2, 0.25) is 18.1 Å². The summed E-state index contributed by atoms with van der Waals surface area (Å²) in [5.41, 5.74) is 23.8. The van der Waals surface area contributed by atoms with E-state index in [-0.39, 0.29) is 34.3 Å². The Kier molecular flexibility index (Phi) is 25.1. The van der Waals surface area contributed by atoms with Crippen LogP contribution in [0.25, 0.3) is 90.8 Å². The molecule has 0 saturated heterocycles. The van der Waals surface area contributed by atoms with Gasteiger partial charge < -0.3 is 40.1 Å². The molecule has 1 unspecified atom stereocenters. The molecule has 8 N–H and O–H groups in total. The highest BCUT2D eigenvalue weighted by Crippen LogP contribution is 2.41. The second kappa shape index (κ2) is 34.7. The number of Topliss-reactive ketones (excluding diaryl/α,β-unsaturated/α-hetero) is 1. The number of phenols is 2. The summed E-state index contributed by atoms with van der Waals surface area (Å²) < 4.78 is 30.7. The lowest BCUT2D eigenvalue weighted by molar-refractivity contribution is -0.128. The van der Waals surface area contributed by atoms with Crippen LogP contribution in [0.3, 0.4) is 0 Å². The van der Waals surface area contributed by atoms with E-state index >= 15 is 0 Å². The predicted octanol–water partition coefficient (Wildman–Crippen LogP) is 21.7. The minimum Gasteiger partial charge on any atom is -0.544 e. The second-order valence-corrected chi connectivity index (χ2v) is 35.4. The number of ketones is 1. The molecule has 23 heteroatoms. The number of nitrogens with zero attached hydrogens (tertiary/aromatic N) is 7. The third kappa shape index (κ3) is 19.6. The van der Waals surface area contributed by atoms with Crippen LogP contribution >= 0.6 is 62.3 Å². The summed E-state index contributed by atoms with van der Waals surface area (Å²) in [4.78, 5) is 41.2. The van der Waals surface area contributed by atoms with Gasteiger partial charge in [0, 0.05) is 62.5 Å². The normalized spacial score (nSPS) is 11.5. The molecule has 540 valence electrons. The third-order valence-electron chi connectivity index (χ3n) is 17.6. The monoisotopic (exact) mass is 1570 g/mol. The molecule has 0 saturated carbocycles. The van der Waals surface area contributed by atoms with Crippen LogP contribution in [0.15, 0.2) is 236 Å². The first-order valence-corrected chi connectivity index (χ1v) is 40.8. The fourth-order valence-electron chi connectivity index (χ4n) is 10.7. The molecule has 7 heterocycles. The predicted molar refractivity (Wildman–Crippen MR) is 442 cm³/mol. The number of imidazole rings is 1. The van der Waals surface area contributed by atoms with Gasteiger partial charge in [-0.25, -0.2) is 29.9 Å². The molecule has 0 aliphatic heterocycles. The summed E-state index contributed by atoms with van der Waals surface area (Å²) in [7, 11) is -1.81. The molecule has 0 fully saturated rings. The molecule has 0 spiro atoms. The van der Waals surface area contributed by atoms with Crippen LogP contribution in [-0.2, 0) is 22.4 Å². The Morgan fingerprint density at radius 2 is 1.07 bits per heavy atom. The van der Waals surface area contributed by atoms with Gasteiger partial charge >= 0.3 is 0 Å². The van der Waals surface area contributed by atoms with Crippen molar-refractivity contribution in [1.29, 1.82) is 0 Å². The molecule has 7 aromatic heterocycles. The van der Waals surface area contributed by atoms with Gasteiger partial charge in [-0.3, -0.25) is 13.7 Å².